The summed E-state index contributed by atoms with van der Waals surface area (Å²) in [6, 6.07) is 7.66. The van der Waals surface area contributed by atoms with Gasteiger partial charge in [-0.1, -0.05) is 24.3 Å². The van der Waals surface area contributed by atoms with Gasteiger partial charge < -0.3 is 20.9 Å². The van der Waals surface area contributed by atoms with Crippen LogP contribution in [0.4, 0.5) is 0 Å². The number of nitrogens with zero attached hydrogens (tertiary/aromatic N) is 1. The van der Waals surface area contributed by atoms with Crippen LogP contribution in [0.15, 0.2) is 24.3 Å². The summed E-state index contributed by atoms with van der Waals surface area (Å²) in [6.07, 6.45) is 5.46. The van der Waals surface area contributed by atoms with E-state index >= 15 is 0 Å². The lowest BCUT2D eigenvalue weighted by Crippen LogP contribution is -2.53. The van der Waals surface area contributed by atoms with Crippen molar-refractivity contribution in [3.8, 4) is 0 Å². The van der Waals surface area contributed by atoms with Gasteiger partial charge in [0.15, 0.2) is 0 Å². The first kappa shape index (κ1) is 21.8. The molecule has 2 heterocycles. The summed E-state index contributed by atoms with van der Waals surface area (Å²) in [6.45, 7) is 0.838. The van der Waals surface area contributed by atoms with Crippen LogP contribution < -0.4 is 21.3 Å². The number of aryl methyl sites for hydroxylation is 1. The second-order valence-corrected chi connectivity index (χ2v) is 8.80. The van der Waals surface area contributed by atoms with Crippen LogP contribution >= 0.6 is 0 Å². The van der Waals surface area contributed by atoms with Crippen molar-refractivity contribution in [2.45, 2.75) is 69.2 Å². The normalized spacial score (nSPS) is 27.8. The molecule has 2 aliphatic heterocycles. The molecule has 2 fully saturated rings. The monoisotopic (exact) mass is 427 g/mol. The standard InChI is InChI=1S/C23H33N5O3/c1-24-14-22(30)27-19-11-12-25-20-10-9-16(28(20)23(19)31)13-21(29)26-18-8-4-6-15-5-2-3-7-17(15)18/h2-3,5,7,16,18-20,24-25H,4,6,8-14H2,1H3,(H,26,29)(H,27,30). The zero-order valence-corrected chi connectivity index (χ0v) is 18.2. The molecule has 4 atom stereocenters. The Morgan fingerprint density at radius 3 is 2.71 bits per heavy atom. The lowest BCUT2D eigenvalue weighted by molar-refractivity contribution is -0.139. The van der Waals surface area contributed by atoms with E-state index in [9.17, 15) is 14.4 Å². The van der Waals surface area contributed by atoms with E-state index in [1.54, 1.807) is 7.05 Å². The van der Waals surface area contributed by atoms with Crippen LogP contribution in [-0.4, -0.2) is 61.0 Å². The second-order valence-electron chi connectivity index (χ2n) is 8.80. The molecule has 0 bridgehead atoms. The highest BCUT2D eigenvalue weighted by Crippen LogP contribution is 2.31. The summed E-state index contributed by atoms with van der Waals surface area (Å²) >= 11 is 0. The van der Waals surface area contributed by atoms with E-state index in [-0.39, 0.29) is 42.5 Å². The highest BCUT2D eigenvalue weighted by Gasteiger charge is 2.42. The molecular formula is C23H33N5O3. The van der Waals surface area contributed by atoms with E-state index in [0.29, 0.717) is 19.4 Å². The number of nitrogens with one attached hydrogen (secondary N) is 4. The number of hydrogen-bond acceptors (Lipinski definition) is 5. The van der Waals surface area contributed by atoms with E-state index in [2.05, 4.69) is 33.4 Å². The average Bonchev–Trinajstić information content (AvgIpc) is 3.07. The van der Waals surface area contributed by atoms with Gasteiger partial charge in [0, 0.05) is 12.5 Å². The molecule has 8 nitrogen and oxygen atoms in total. The quantitative estimate of drug-likeness (QED) is 0.532. The lowest BCUT2D eigenvalue weighted by Gasteiger charge is -2.32. The van der Waals surface area contributed by atoms with Crippen LogP contribution in [0.25, 0.3) is 0 Å². The fraction of sp³-hybridized carbons (Fsp3) is 0.609. The predicted octanol–water partition coefficient (Wildman–Crippen LogP) is 0.585. The average molecular weight is 428 g/mol. The van der Waals surface area contributed by atoms with Gasteiger partial charge in [0.25, 0.3) is 0 Å². The van der Waals surface area contributed by atoms with Crippen LogP contribution in [0.1, 0.15) is 55.7 Å². The van der Waals surface area contributed by atoms with Crippen molar-refractivity contribution in [3.63, 3.8) is 0 Å². The summed E-state index contributed by atoms with van der Waals surface area (Å²) in [5, 5.41) is 12.3. The first-order chi connectivity index (χ1) is 15.1. The minimum atomic E-state index is -0.549. The van der Waals surface area contributed by atoms with Gasteiger partial charge in [-0.3, -0.25) is 19.7 Å². The largest absolute Gasteiger partial charge is 0.349 e. The van der Waals surface area contributed by atoms with Gasteiger partial charge in [-0.2, -0.15) is 0 Å². The molecule has 1 aromatic rings. The third-order valence-corrected chi connectivity index (χ3v) is 6.67. The zero-order valence-electron chi connectivity index (χ0n) is 18.2. The van der Waals surface area contributed by atoms with E-state index in [4.69, 9.17) is 0 Å². The van der Waals surface area contributed by atoms with Crippen LogP contribution in [0.2, 0.25) is 0 Å². The Hall–Kier alpha value is -2.45. The third kappa shape index (κ3) is 4.91. The molecule has 4 N–H and O–H groups in total. The molecule has 3 aliphatic rings. The van der Waals surface area contributed by atoms with Crippen molar-refractivity contribution in [2.24, 2.45) is 0 Å². The van der Waals surface area contributed by atoms with Crippen molar-refractivity contribution < 1.29 is 14.4 Å². The molecule has 1 aliphatic carbocycles. The lowest BCUT2D eigenvalue weighted by atomic mass is 9.87. The van der Waals surface area contributed by atoms with E-state index in [0.717, 1.165) is 32.1 Å². The maximum absolute atomic E-state index is 13.2. The van der Waals surface area contributed by atoms with Gasteiger partial charge in [-0.15, -0.1) is 0 Å². The number of carbonyl (C=O) groups excluding carboxylic acids is 3. The molecule has 4 unspecified atom stereocenters. The molecule has 0 radical (unpaired) electrons. The minimum Gasteiger partial charge on any atom is -0.349 e. The van der Waals surface area contributed by atoms with E-state index < -0.39 is 6.04 Å². The Morgan fingerprint density at radius 2 is 1.87 bits per heavy atom. The van der Waals surface area contributed by atoms with Crippen molar-refractivity contribution in [1.82, 2.24) is 26.2 Å². The predicted molar refractivity (Wildman–Crippen MR) is 117 cm³/mol. The first-order valence-electron chi connectivity index (χ1n) is 11.4. The second kappa shape index (κ2) is 9.78. The number of amides is 3. The molecule has 2 saturated heterocycles. The Balaban J connectivity index is 1.40. The summed E-state index contributed by atoms with van der Waals surface area (Å²) in [5.74, 6) is -0.290. The fourth-order valence-corrected chi connectivity index (χ4v) is 5.23. The molecule has 31 heavy (non-hydrogen) atoms. The Labute approximate surface area is 183 Å². The van der Waals surface area contributed by atoms with Crippen molar-refractivity contribution >= 4 is 17.7 Å². The topological polar surface area (TPSA) is 103 Å². The molecule has 0 saturated carbocycles. The van der Waals surface area contributed by atoms with Gasteiger partial charge in [-0.25, -0.2) is 0 Å². The highest BCUT2D eigenvalue weighted by molar-refractivity contribution is 5.89. The molecule has 4 rings (SSSR count). The minimum absolute atomic E-state index is 0.0137. The molecule has 0 aromatic heterocycles. The molecule has 168 valence electrons. The van der Waals surface area contributed by atoms with Crippen molar-refractivity contribution in [2.75, 3.05) is 20.1 Å². The van der Waals surface area contributed by atoms with Crippen LogP contribution in [0, 0.1) is 0 Å². The molecular weight excluding hydrogens is 394 g/mol. The van der Waals surface area contributed by atoms with Gasteiger partial charge >= 0.3 is 0 Å². The van der Waals surface area contributed by atoms with Crippen LogP contribution in [0.5, 0.6) is 0 Å². The number of benzene rings is 1. The zero-order chi connectivity index (χ0) is 21.8. The van der Waals surface area contributed by atoms with E-state index in [1.165, 1.54) is 11.1 Å². The first-order valence-corrected chi connectivity index (χ1v) is 11.4. The highest BCUT2D eigenvalue weighted by atomic mass is 16.2. The van der Waals surface area contributed by atoms with Gasteiger partial charge in [-0.05, 0) is 63.2 Å². The number of hydrogen-bond donors (Lipinski definition) is 4. The van der Waals surface area contributed by atoms with Crippen molar-refractivity contribution in [3.05, 3.63) is 35.4 Å². The smallest absolute Gasteiger partial charge is 0.246 e. The summed E-state index contributed by atoms with van der Waals surface area (Å²) < 4.78 is 0. The maximum atomic E-state index is 13.2. The van der Waals surface area contributed by atoms with Crippen molar-refractivity contribution in [1.29, 1.82) is 0 Å². The summed E-state index contributed by atoms with van der Waals surface area (Å²) in [5.41, 5.74) is 2.53. The van der Waals surface area contributed by atoms with Gasteiger partial charge in [0.2, 0.25) is 17.7 Å². The number of likely N-dealkylation sites (N-methyl/N-ethyl adjacent to an activating group) is 1. The Morgan fingerprint density at radius 1 is 1.06 bits per heavy atom. The number of fused-ring (bicyclic) bond motifs is 2. The van der Waals surface area contributed by atoms with Gasteiger partial charge in [0.05, 0.1) is 18.8 Å². The summed E-state index contributed by atoms with van der Waals surface area (Å²) in [7, 11) is 1.70. The van der Waals surface area contributed by atoms with Gasteiger partial charge in [0.1, 0.15) is 6.04 Å². The molecule has 3 amide bonds. The number of carbonyl (C=O) groups is 3. The Kier molecular flexibility index (Phi) is 6.87. The maximum Gasteiger partial charge on any atom is 0.246 e. The fourth-order valence-electron chi connectivity index (χ4n) is 5.23. The SMILES string of the molecule is CNCC(=O)NC1CCNC2CCC(CC(=O)NC3CCCc4ccccc43)N2C1=O. The third-order valence-electron chi connectivity index (χ3n) is 6.67. The van der Waals surface area contributed by atoms with E-state index in [1.807, 2.05) is 17.0 Å². The number of rotatable bonds is 6. The molecule has 0 spiro atoms. The Bertz CT molecular complexity index is 829. The van der Waals surface area contributed by atoms with Crippen LogP contribution in [0.3, 0.4) is 0 Å². The molecule has 1 aromatic carbocycles. The summed E-state index contributed by atoms with van der Waals surface area (Å²) in [4.78, 5) is 40.0. The van der Waals surface area contributed by atoms with Crippen LogP contribution in [-0.2, 0) is 20.8 Å². The molecule has 8 heteroatoms.